The molecule has 3 aromatic rings. The van der Waals surface area contributed by atoms with Crippen LogP contribution in [-0.4, -0.2) is 24.6 Å². The van der Waals surface area contributed by atoms with Gasteiger partial charge in [0.25, 0.3) is 0 Å². The third kappa shape index (κ3) is 7.34. The highest BCUT2D eigenvalue weighted by molar-refractivity contribution is 7.16. The number of carbonyl (C=O) groups excluding carboxylic acids is 1. The Labute approximate surface area is 204 Å². The number of ether oxygens (including phenoxy) is 2. The molecule has 0 atom stereocenters. The minimum atomic E-state index is -0.253. The van der Waals surface area contributed by atoms with E-state index in [1.54, 1.807) is 13.2 Å². The Hall–Kier alpha value is -2.83. The lowest BCUT2D eigenvalue weighted by atomic mass is 10.1. The fourth-order valence-electron chi connectivity index (χ4n) is 3.29. The molecule has 0 fully saturated rings. The van der Waals surface area contributed by atoms with Gasteiger partial charge in [-0.25, -0.2) is 4.98 Å². The monoisotopic (exact) mass is 484 g/mol. The van der Waals surface area contributed by atoms with Crippen LogP contribution in [0.5, 0.6) is 11.5 Å². The molecule has 3 rings (SSSR count). The van der Waals surface area contributed by atoms with Crippen molar-refractivity contribution in [2.24, 2.45) is 0 Å². The van der Waals surface area contributed by atoms with Crippen molar-refractivity contribution in [3.63, 3.8) is 0 Å². The highest BCUT2D eigenvalue weighted by Gasteiger charge is 2.12. The molecule has 0 bridgehead atoms. The molecule has 0 spiro atoms. The van der Waals surface area contributed by atoms with E-state index in [4.69, 9.17) is 21.1 Å². The number of hydrogen-bond acceptors (Lipinski definition) is 5. The number of rotatable bonds is 11. The highest BCUT2D eigenvalue weighted by Crippen LogP contribution is 2.32. The van der Waals surface area contributed by atoms with Crippen LogP contribution in [0.2, 0.25) is 5.02 Å². The maximum Gasteiger partial charge on any atom is 0.250 e. The SMILES string of the molecule is CCCCCCOc1ccc(/C=C/C(=O)Nc2nc(-c3cccc(Cl)c3)c(C)s2)cc1OC. The van der Waals surface area contributed by atoms with E-state index in [2.05, 4.69) is 17.2 Å². The van der Waals surface area contributed by atoms with Gasteiger partial charge in [0, 0.05) is 21.5 Å². The quantitative estimate of drug-likeness (QED) is 0.227. The van der Waals surface area contributed by atoms with Crippen LogP contribution in [0.1, 0.15) is 43.0 Å². The number of halogens is 1. The van der Waals surface area contributed by atoms with E-state index in [-0.39, 0.29) is 5.91 Å². The summed E-state index contributed by atoms with van der Waals surface area (Å²) in [4.78, 5) is 18.0. The first-order valence-corrected chi connectivity index (χ1v) is 12.2. The van der Waals surface area contributed by atoms with Gasteiger partial charge < -0.3 is 9.47 Å². The summed E-state index contributed by atoms with van der Waals surface area (Å²) < 4.78 is 11.3. The zero-order chi connectivity index (χ0) is 23.6. The summed E-state index contributed by atoms with van der Waals surface area (Å²) >= 11 is 7.52. The molecule has 7 heteroatoms. The maximum absolute atomic E-state index is 12.4. The van der Waals surface area contributed by atoms with Crippen molar-refractivity contribution in [3.05, 3.63) is 64.0 Å². The molecule has 1 N–H and O–H groups in total. The van der Waals surface area contributed by atoms with Crippen molar-refractivity contribution in [1.82, 2.24) is 4.98 Å². The van der Waals surface area contributed by atoms with E-state index < -0.39 is 0 Å². The average Bonchev–Trinajstić information content (AvgIpc) is 3.17. The van der Waals surface area contributed by atoms with Gasteiger partial charge in [-0.15, -0.1) is 11.3 Å². The molecule has 1 amide bonds. The zero-order valence-electron chi connectivity index (χ0n) is 19.2. The number of benzene rings is 2. The summed E-state index contributed by atoms with van der Waals surface area (Å²) in [5.74, 6) is 1.11. The number of thiazole rings is 1. The van der Waals surface area contributed by atoms with Crippen LogP contribution in [0.15, 0.2) is 48.5 Å². The summed E-state index contributed by atoms with van der Waals surface area (Å²) in [6, 6.07) is 13.1. The number of hydrogen-bond donors (Lipinski definition) is 1. The Bertz CT molecular complexity index is 1110. The number of aromatic nitrogens is 1. The Kier molecular flexibility index (Phi) is 9.34. The topological polar surface area (TPSA) is 60.5 Å². The zero-order valence-corrected chi connectivity index (χ0v) is 20.8. The van der Waals surface area contributed by atoms with Crippen LogP contribution in [-0.2, 0) is 4.79 Å². The summed E-state index contributed by atoms with van der Waals surface area (Å²) in [5, 5.41) is 4.03. The van der Waals surface area contributed by atoms with Crippen LogP contribution in [0.25, 0.3) is 17.3 Å². The Morgan fingerprint density at radius 3 is 2.76 bits per heavy atom. The summed E-state index contributed by atoms with van der Waals surface area (Å²) in [5.41, 5.74) is 2.58. The fraction of sp³-hybridized carbons (Fsp3) is 0.308. The predicted octanol–water partition coefficient (Wildman–Crippen LogP) is 7.39. The number of nitrogens with one attached hydrogen (secondary N) is 1. The largest absolute Gasteiger partial charge is 0.493 e. The molecule has 5 nitrogen and oxygen atoms in total. The molecule has 0 aliphatic heterocycles. The molecule has 0 aliphatic rings. The fourth-order valence-corrected chi connectivity index (χ4v) is 4.32. The second-order valence-electron chi connectivity index (χ2n) is 7.58. The minimum absolute atomic E-state index is 0.253. The number of nitrogens with zero attached hydrogens (tertiary/aromatic N) is 1. The van der Waals surface area contributed by atoms with Crippen molar-refractivity contribution in [1.29, 1.82) is 0 Å². The third-order valence-electron chi connectivity index (χ3n) is 5.00. The van der Waals surface area contributed by atoms with Gasteiger partial charge in [0.1, 0.15) is 0 Å². The Balaban J connectivity index is 1.61. The van der Waals surface area contributed by atoms with Crippen molar-refractivity contribution in [3.8, 4) is 22.8 Å². The van der Waals surface area contributed by atoms with Crippen LogP contribution in [0.4, 0.5) is 5.13 Å². The van der Waals surface area contributed by atoms with Crippen LogP contribution >= 0.6 is 22.9 Å². The Morgan fingerprint density at radius 2 is 2.00 bits per heavy atom. The first-order valence-electron chi connectivity index (χ1n) is 11.0. The number of anilines is 1. The number of aryl methyl sites for hydroxylation is 1. The van der Waals surface area contributed by atoms with E-state index in [0.717, 1.165) is 34.5 Å². The lowest BCUT2D eigenvalue weighted by Crippen LogP contribution is -2.07. The van der Waals surface area contributed by atoms with Gasteiger partial charge in [-0.3, -0.25) is 10.1 Å². The molecule has 0 radical (unpaired) electrons. The molecule has 0 unspecified atom stereocenters. The normalized spacial score (nSPS) is 11.0. The molecule has 33 heavy (non-hydrogen) atoms. The second kappa shape index (κ2) is 12.4. The molecule has 2 aromatic carbocycles. The van der Waals surface area contributed by atoms with Crippen molar-refractivity contribution >= 4 is 40.1 Å². The molecule has 0 saturated heterocycles. The summed E-state index contributed by atoms with van der Waals surface area (Å²) in [6.45, 7) is 4.82. The van der Waals surface area contributed by atoms with E-state index in [0.29, 0.717) is 28.3 Å². The van der Waals surface area contributed by atoms with E-state index >= 15 is 0 Å². The number of carbonyl (C=O) groups is 1. The minimum Gasteiger partial charge on any atom is -0.493 e. The molecular formula is C26H29ClN2O3S. The average molecular weight is 485 g/mol. The predicted molar refractivity (Wildman–Crippen MR) is 138 cm³/mol. The molecule has 0 saturated carbocycles. The van der Waals surface area contributed by atoms with Gasteiger partial charge in [0.15, 0.2) is 16.6 Å². The number of methoxy groups -OCH3 is 1. The molecule has 1 heterocycles. The standard InChI is InChI=1S/C26H29ClN2O3S/c1-4-5-6-7-15-32-22-13-11-19(16-23(22)31-3)12-14-24(30)28-26-29-25(18(2)33-26)20-9-8-10-21(27)17-20/h8-14,16-17H,4-7,15H2,1-3H3,(H,28,29,30)/b14-12+. The van der Waals surface area contributed by atoms with Crippen molar-refractivity contribution in [2.45, 2.75) is 39.5 Å². The van der Waals surface area contributed by atoms with Gasteiger partial charge >= 0.3 is 0 Å². The first-order chi connectivity index (χ1) is 16.0. The van der Waals surface area contributed by atoms with Crippen LogP contribution in [0, 0.1) is 6.92 Å². The van der Waals surface area contributed by atoms with Crippen molar-refractivity contribution in [2.75, 3.05) is 19.0 Å². The van der Waals surface area contributed by atoms with Gasteiger partial charge in [-0.1, -0.05) is 56.0 Å². The highest BCUT2D eigenvalue weighted by atomic mass is 35.5. The smallest absolute Gasteiger partial charge is 0.250 e. The first kappa shape index (κ1) is 24.8. The summed E-state index contributed by atoms with van der Waals surface area (Å²) in [7, 11) is 1.61. The molecular weight excluding hydrogens is 456 g/mol. The van der Waals surface area contributed by atoms with E-state index in [1.807, 2.05) is 49.4 Å². The second-order valence-corrected chi connectivity index (χ2v) is 9.22. The number of unbranched alkanes of at least 4 members (excludes halogenated alkanes) is 3. The lowest BCUT2D eigenvalue weighted by Gasteiger charge is -2.11. The van der Waals surface area contributed by atoms with E-state index in [1.165, 1.54) is 30.3 Å². The third-order valence-corrected chi connectivity index (χ3v) is 6.12. The number of amides is 1. The van der Waals surface area contributed by atoms with Gasteiger partial charge in [-0.2, -0.15) is 0 Å². The molecule has 174 valence electrons. The Morgan fingerprint density at radius 1 is 1.15 bits per heavy atom. The van der Waals surface area contributed by atoms with Crippen LogP contribution in [0.3, 0.4) is 0 Å². The van der Waals surface area contributed by atoms with Gasteiger partial charge in [-0.05, 0) is 49.2 Å². The maximum atomic E-state index is 12.4. The van der Waals surface area contributed by atoms with Gasteiger partial charge in [0.05, 0.1) is 19.4 Å². The van der Waals surface area contributed by atoms with Crippen molar-refractivity contribution < 1.29 is 14.3 Å². The summed E-state index contributed by atoms with van der Waals surface area (Å²) in [6.07, 6.45) is 7.82. The molecule has 0 aliphatic carbocycles. The van der Waals surface area contributed by atoms with Crippen LogP contribution < -0.4 is 14.8 Å². The lowest BCUT2D eigenvalue weighted by molar-refractivity contribution is -0.111. The van der Waals surface area contributed by atoms with E-state index in [9.17, 15) is 4.79 Å². The molecule has 1 aromatic heterocycles. The van der Waals surface area contributed by atoms with Gasteiger partial charge in [0.2, 0.25) is 5.91 Å².